The van der Waals surface area contributed by atoms with Crippen LogP contribution in [0, 0.1) is 18.2 Å². The van der Waals surface area contributed by atoms with Crippen LogP contribution in [-0.4, -0.2) is 14.3 Å². The van der Waals surface area contributed by atoms with Gasteiger partial charge in [-0.1, -0.05) is 32.9 Å². The molecule has 0 aliphatic heterocycles. The molecular weight excluding hydrogens is 281 g/mol. The molecule has 0 atom stereocenters. The van der Waals surface area contributed by atoms with Crippen molar-refractivity contribution in [3.05, 3.63) is 35.1 Å². The van der Waals surface area contributed by atoms with E-state index in [1.165, 1.54) is 12.1 Å². The molecule has 0 aliphatic carbocycles. The van der Waals surface area contributed by atoms with E-state index in [1.54, 1.807) is 13.0 Å². The van der Waals surface area contributed by atoms with Crippen LogP contribution in [0.2, 0.25) is 0 Å². The van der Waals surface area contributed by atoms with Crippen molar-refractivity contribution in [1.29, 1.82) is 0 Å². The van der Waals surface area contributed by atoms with Gasteiger partial charge in [0.25, 0.3) is 0 Å². The summed E-state index contributed by atoms with van der Waals surface area (Å²) >= 11 is 0. The Labute approximate surface area is 119 Å². The molecule has 1 aromatic carbocycles. The molecule has 0 aromatic heterocycles. The van der Waals surface area contributed by atoms with Crippen molar-refractivity contribution >= 4 is 15.9 Å². The number of aryl methyl sites for hydroxylation is 1. The van der Waals surface area contributed by atoms with Crippen LogP contribution >= 0.6 is 0 Å². The minimum absolute atomic E-state index is 0.0478. The molecule has 112 valence electrons. The standard InChI is InChI=1S/C14H20FNO3S/c1-10-5-6-11(12(15)7-10)9-20(18,19)16-13(17)8-14(2,3)4/h5-7H,8-9H2,1-4H3,(H,16,17). The molecule has 1 rings (SSSR count). The molecule has 0 bridgehead atoms. The van der Waals surface area contributed by atoms with Crippen molar-refractivity contribution in [3.63, 3.8) is 0 Å². The van der Waals surface area contributed by atoms with Gasteiger partial charge in [0.15, 0.2) is 0 Å². The molecule has 0 spiro atoms. The van der Waals surface area contributed by atoms with Crippen molar-refractivity contribution in [2.75, 3.05) is 0 Å². The van der Waals surface area contributed by atoms with Crippen LogP contribution in [0.5, 0.6) is 0 Å². The third-order valence-electron chi connectivity index (χ3n) is 2.51. The minimum atomic E-state index is -3.88. The zero-order valence-electron chi connectivity index (χ0n) is 12.2. The number of hydrogen-bond acceptors (Lipinski definition) is 3. The van der Waals surface area contributed by atoms with E-state index < -0.39 is 27.5 Å². The van der Waals surface area contributed by atoms with E-state index in [0.29, 0.717) is 5.56 Å². The van der Waals surface area contributed by atoms with E-state index in [0.717, 1.165) is 0 Å². The molecule has 4 nitrogen and oxygen atoms in total. The summed E-state index contributed by atoms with van der Waals surface area (Å²) in [7, 11) is -3.88. The molecule has 0 aliphatic rings. The molecule has 1 aromatic rings. The predicted octanol–water partition coefficient (Wildman–Crippen LogP) is 2.52. The quantitative estimate of drug-likeness (QED) is 0.929. The van der Waals surface area contributed by atoms with Crippen molar-refractivity contribution in [2.45, 2.75) is 39.9 Å². The molecule has 0 fully saturated rings. The van der Waals surface area contributed by atoms with Crippen molar-refractivity contribution in [3.8, 4) is 0 Å². The van der Waals surface area contributed by atoms with Gasteiger partial charge < -0.3 is 0 Å². The Balaban J connectivity index is 2.78. The minimum Gasteiger partial charge on any atom is -0.274 e. The normalized spacial score (nSPS) is 12.2. The van der Waals surface area contributed by atoms with Gasteiger partial charge in [0.1, 0.15) is 5.82 Å². The van der Waals surface area contributed by atoms with Crippen LogP contribution < -0.4 is 4.72 Å². The van der Waals surface area contributed by atoms with Gasteiger partial charge >= 0.3 is 0 Å². The Kier molecular flexibility index (Phi) is 4.91. The van der Waals surface area contributed by atoms with Crippen LogP contribution in [0.3, 0.4) is 0 Å². The summed E-state index contributed by atoms with van der Waals surface area (Å²) in [5.74, 6) is -1.71. The second-order valence-corrected chi connectivity index (χ2v) is 7.84. The maximum atomic E-state index is 13.6. The van der Waals surface area contributed by atoms with Crippen molar-refractivity contribution in [1.82, 2.24) is 4.72 Å². The second kappa shape index (κ2) is 5.91. The highest BCUT2D eigenvalue weighted by Crippen LogP contribution is 2.18. The third-order valence-corrected chi connectivity index (χ3v) is 3.74. The SMILES string of the molecule is Cc1ccc(CS(=O)(=O)NC(=O)CC(C)(C)C)c(F)c1. The van der Waals surface area contributed by atoms with E-state index >= 15 is 0 Å². The Morgan fingerprint density at radius 2 is 1.90 bits per heavy atom. The fraction of sp³-hybridized carbons (Fsp3) is 0.500. The molecular formula is C14H20FNO3S. The molecule has 1 amide bonds. The Morgan fingerprint density at radius 1 is 1.30 bits per heavy atom. The van der Waals surface area contributed by atoms with Crippen molar-refractivity contribution < 1.29 is 17.6 Å². The van der Waals surface area contributed by atoms with E-state index in [9.17, 15) is 17.6 Å². The van der Waals surface area contributed by atoms with Crippen LogP contribution in [0.25, 0.3) is 0 Å². The number of benzene rings is 1. The summed E-state index contributed by atoms with van der Waals surface area (Å²) in [6.07, 6.45) is 0.0859. The smallest absolute Gasteiger partial charge is 0.239 e. The maximum Gasteiger partial charge on any atom is 0.239 e. The molecule has 0 saturated carbocycles. The Bertz CT molecular complexity index is 603. The van der Waals surface area contributed by atoms with Gasteiger partial charge in [-0.05, 0) is 24.0 Å². The Morgan fingerprint density at radius 3 is 2.40 bits per heavy atom. The van der Waals surface area contributed by atoms with E-state index in [-0.39, 0.29) is 17.4 Å². The van der Waals surface area contributed by atoms with Gasteiger partial charge in [-0.2, -0.15) is 0 Å². The summed E-state index contributed by atoms with van der Waals surface area (Å²) in [5, 5.41) is 0. The highest BCUT2D eigenvalue weighted by Gasteiger charge is 2.21. The number of sulfonamides is 1. The first-order valence-electron chi connectivity index (χ1n) is 6.27. The summed E-state index contributed by atoms with van der Waals surface area (Å²) in [5.41, 5.74) is 0.446. The lowest BCUT2D eigenvalue weighted by atomic mass is 9.92. The zero-order chi connectivity index (χ0) is 15.6. The average molecular weight is 301 g/mol. The summed E-state index contributed by atoms with van der Waals surface area (Å²) in [4.78, 5) is 11.6. The maximum absolute atomic E-state index is 13.6. The first-order chi connectivity index (χ1) is 8.98. The second-order valence-electron chi connectivity index (χ2n) is 6.12. The zero-order valence-corrected chi connectivity index (χ0v) is 13.0. The van der Waals surface area contributed by atoms with E-state index in [1.807, 2.05) is 25.5 Å². The first-order valence-corrected chi connectivity index (χ1v) is 7.92. The van der Waals surface area contributed by atoms with Gasteiger partial charge in [-0.15, -0.1) is 0 Å². The average Bonchev–Trinajstić information content (AvgIpc) is 2.18. The number of rotatable bonds is 4. The van der Waals surface area contributed by atoms with Crippen LogP contribution in [0.15, 0.2) is 18.2 Å². The fourth-order valence-electron chi connectivity index (χ4n) is 1.70. The lowest BCUT2D eigenvalue weighted by molar-refractivity contribution is -0.121. The van der Waals surface area contributed by atoms with E-state index in [2.05, 4.69) is 0 Å². The monoisotopic (exact) mass is 301 g/mol. The Hall–Kier alpha value is -1.43. The lowest BCUT2D eigenvalue weighted by Gasteiger charge is -2.17. The van der Waals surface area contributed by atoms with Crippen molar-refractivity contribution in [2.24, 2.45) is 5.41 Å². The van der Waals surface area contributed by atoms with Gasteiger partial charge in [-0.3, -0.25) is 9.52 Å². The van der Waals surface area contributed by atoms with Crippen LogP contribution in [-0.2, 0) is 20.6 Å². The molecule has 20 heavy (non-hydrogen) atoms. The number of hydrogen-bond donors (Lipinski definition) is 1. The molecule has 1 N–H and O–H groups in total. The predicted molar refractivity (Wildman–Crippen MR) is 76.0 cm³/mol. The first kappa shape index (κ1) is 16.6. The molecule has 0 saturated heterocycles. The molecule has 0 heterocycles. The number of amides is 1. The van der Waals surface area contributed by atoms with Gasteiger partial charge in [0.05, 0.1) is 5.75 Å². The lowest BCUT2D eigenvalue weighted by Crippen LogP contribution is -2.34. The third kappa shape index (κ3) is 5.69. The van der Waals surface area contributed by atoms with Gasteiger partial charge in [0.2, 0.25) is 15.9 Å². The van der Waals surface area contributed by atoms with Crippen LogP contribution in [0.1, 0.15) is 38.3 Å². The number of nitrogens with one attached hydrogen (secondary N) is 1. The summed E-state index contributed by atoms with van der Waals surface area (Å²) in [6.45, 7) is 7.21. The largest absolute Gasteiger partial charge is 0.274 e. The molecule has 0 unspecified atom stereocenters. The highest BCUT2D eigenvalue weighted by molar-refractivity contribution is 7.89. The number of halogens is 1. The highest BCUT2D eigenvalue weighted by atomic mass is 32.2. The van der Waals surface area contributed by atoms with E-state index in [4.69, 9.17) is 0 Å². The molecule has 0 radical (unpaired) electrons. The number of carbonyl (C=O) groups is 1. The molecule has 6 heteroatoms. The van der Waals surface area contributed by atoms with Crippen LogP contribution in [0.4, 0.5) is 4.39 Å². The van der Waals surface area contributed by atoms with Gasteiger partial charge in [0, 0.05) is 12.0 Å². The number of carbonyl (C=O) groups excluding carboxylic acids is 1. The fourth-order valence-corrected chi connectivity index (χ4v) is 2.84. The summed E-state index contributed by atoms with van der Waals surface area (Å²) in [6, 6.07) is 4.31. The topological polar surface area (TPSA) is 63.2 Å². The van der Waals surface area contributed by atoms with Gasteiger partial charge in [-0.25, -0.2) is 12.8 Å². The summed E-state index contributed by atoms with van der Waals surface area (Å²) < 4.78 is 39.3.